The van der Waals surface area contributed by atoms with Crippen LogP contribution in [0.2, 0.25) is 0 Å². The molecule has 3 heteroatoms. The van der Waals surface area contributed by atoms with Gasteiger partial charge in [0.05, 0.1) is 12.2 Å². The van der Waals surface area contributed by atoms with Gasteiger partial charge in [0.1, 0.15) is 6.04 Å². The Kier molecular flexibility index (Phi) is 2.58. The average molecular weight is 223 g/mol. The van der Waals surface area contributed by atoms with Crippen LogP contribution in [0.3, 0.4) is 0 Å². The van der Waals surface area contributed by atoms with E-state index in [0.717, 1.165) is 12.2 Å². The van der Waals surface area contributed by atoms with E-state index >= 15 is 0 Å². The van der Waals surface area contributed by atoms with Crippen LogP contribution in [0.15, 0.2) is 71.0 Å². The van der Waals surface area contributed by atoms with E-state index < -0.39 is 0 Å². The van der Waals surface area contributed by atoms with Crippen LogP contribution in [-0.4, -0.2) is 6.54 Å². The lowest BCUT2D eigenvalue weighted by Gasteiger charge is -2.21. The normalized spacial score (nSPS) is 18.6. The summed E-state index contributed by atoms with van der Waals surface area (Å²) in [6.07, 6.45) is 0. The minimum Gasteiger partial charge on any atom is -0.238 e. The molecule has 0 fully saturated rings. The zero-order valence-corrected chi connectivity index (χ0v) is 9.40. The lowest BCUT2D eigenvalue weighted by atomic mass is 10.1. The van der Waals surface area contributed by atoms with E-state index in [2.05, 4.69) is 46.7 Å². The Labute approximate surface area is 100 Å². The van der Waals surface area contributed by atoms with Crippen LogP contribution < -0.4 is 5.01 Å². The van der Waals surface area contributed by atoms with Gasteiger partial charge in [0.25, 0.3) is 0 Å². The van der Waals surface area contributed by atoms with E-state index in [9.17, 15) is 0 Å². The second-order valence-electron chi connectivity index (χ2n) is 4.02. The molecule has 1 heterocycles. The van der Waals surface area contributed by atoms with Gasteiger partial charge < -0.3 is 0 Å². The summed E-state index contributed by atoms with van der Waals surface area (Å²) in [4.78, 5) is 0. The maximum absolute atomic E-state index is 4.22. The van der Waals surface area contributed by atoms with E-state index in [-0.39, 0.29) is 6.04 Å². The smallest absolute Gasteiger partial charge is 0.101 e. The van der Waals surface area contributed by atoms with Crippen molar-refractivity contribution in [2.45, 2.75) is 6.04 Å². The molecular formula is C14H13N3. The van der Waals surface area contributed by atoms with Crippen molar-refractivity contribution in [2.75, 3.05) is 11.6 Å². The predicted octanol–water partition coefficient (Wildman–Crippen LogP) is 3.62. The molecular weight excluding hydrogens is 210 g/mol. The first-order chi connectivity index (χ1) is 8.45. The molecule has 0 spiro atoms. The van der Waals surface area contributed by atoms with E-state index in [1.165, 1.54) is 5.56 Å². The largest absolute Gasteiger partial charge is 0.238 e. The van der Waals surface area contributed by atoms with E-state index in [1.807, 2.05) is 29.3 Å². The van der Waals surface area contributed by atoms with Crippen LogP contribution in [0.4, 0.5) is 5.69 Å². The third-order valence-electron chi connectivity index (χ3n) is 2.91. The van der Waals surface area contributed by atoms with Crippen molar-refractivity contribution in [1.82, 2.24) is 0 Å². The van der Waals surface area contributed by atoms with Gasteiger partial charge in [0, 0.05) is 0 Å². The van der Waals surface area contributed by atoms with Gasteiger partial charge in [-0.15, -0.1) is 0 Å². The SMILES string of the molecule is c1ccc([C@@H]2CN=NN2c2ccccc2)cc1. The molecule has 0 saturated carbocycles. The predicted molar refractivity (Wildman–Crippen MR) is 67.8 cm³/mol. The highest BCUT2D eigenvalue weighted by Crippen LogP contribution is 2.31. The Morgan fingerprint density at radius 3 is 2.24 bits per heavy atom. The molecule has 0 aliphatic carbocycles. The molecule has 0 unspecified atom stereocenters. The molecule has 3 nitrogen and oxygen atoms in total. The number of nitrogens with zero attached hydrogens (tertiary/aromatic N) is 3. The van der Waals surface area contributed by atoms with Gasteiger partial charge in [0.2, 0.25) is 0 Å². The van der Waals surface area contributed by atoms with Crippen LogP contribution in [0.1, 0.15) is 11.6 Å². The van der Waals surface area contributed by atoms with Gasteiger partial charge in [-0.25, -0.2) is 5.01 Å². The van der Waals surface area contributed by atoms with Crippen molar-refractivity contribution >= 4 is 5.69 Å². The molecule has 0 bridgehead atoms. The van der Waals surface area contributed by atoms with Gasteiger partial charge in [-0.1, -0.05) is 53.8 Å². The standard InChI is InChI=1S/C14H13N3/c1-3-7-12(8-4-1)14-11-15-16-17(14)13-9-5-2-6-10-13/h1-10,14H,11H2/t14-/m0/s1. The average Bonchev–Trinajstić information content (AvgIpc) is 2.90. The quantitative estimate of drug-likeness (QED) is 0.764. The highest BCUT2D eigenvalue weighted by atomic mass is 15.6. The van der Waals surface area contributed by atoms with Gasteiger partial charge in [-0.3, -0.25) is 0 Å². The molecule has 1 aliphatic rings. The summed E-state index contributed by atoms with van der Waals surface area (Å²) >= 11 is 0. The van der Waals surface area contributed by atoms with Crippen LogP contribution >= 0.6 is 0 Å². The summed E-state index contributed by atoms with van der Waals surface area (Å²) in [5.41, 5.74) is 2.34. The Morgan fingerprint density at radius 1 is 0.882 bits per heavy atom. The number of benzene rings is 2. The summed E-state index contributed by atoms with van der Waals surface area (Å²) in [5.74, 6) is 0. The number of rotatable bonds is 2. The molecule has 0 saturated heterocycles. The van der Waals surface area contributed by atoms with Crippen LogP contribution in [0.25, 0.3) is 0 Å². The molecule has 0 aromatic heterocycles. The maximum Gasteiger partial charge on any atom is 0.101 e. The zero-order chi connectivity index (χ0) is 11.5. The van der Waals surface area contributed by atoms with Crippen LogP contribution in [0.5, 0.6) is 0 Å². The molecule has 2 aromatic rings. The van der Waals surface area contributed by atoms with E-state index in [1.54, 1.807) is 0 Å². The lowest BCUT2D eigenvalue weighted by Crippen LogP contribution is -2.20. The van der Waals surface area contributed by atoms with Gasteiger partial charge in [-0.05, 0) is 17.7 Å². The molecule has 17 heavy (non-hydrogen) atoms. The zero-order valence-electron chi connectivity index (χ0n) is 9.40. The first kappa shape index (κ1) is 10.0. The molecule has 0 N–H and O–H groups in total. The van der Waals surface area contributed by atoms with E-state index in [0.29, 0.717) is 0 Å². The monoisotopic (exact) mass is 223 g/mol. The first-order valence-electron chi connectivity index (χ1n) is 5.72. The highest BCUT2D eigenvalue weighted by Gasteiger charge is 2.24. The molecule has 1 atom stereocenters. The maximum atomic E-state index is 4.22. The fraction of sp³-hybridized carbons (Fsp3) is 0.143. The molecule has 1 aliphatic heterocycles. The first-order valence-corrected chi connectivity index (χ1v) is 5.72. The fourth-order valence-electron chi connectivity index (χ4n) is 2.06. The third-order valence-corrected chi connectivity index (χ3v) is 2.91. The molecule has 2 aromatic carbocycles. The summed E-state index contributed by atoms with van der Waals surface area (Å²) < 4.78 is 0. The summed E-state index contributed by atoms with van der Waals surface area (Å²) in [6, 6.07) is 20.8. The summed E-state index contributed by atoms with van der Waals surface area (Å²) in [7, 11) is 0. The van der Waals surface area contributed by atoms with Crippen LogP contribution in [-0.2, 0) is 0 Å². The van der Waals surface area contributed by atoms with Crippen molar-refractivity contribution in [2.24, 2.45) is 10.3 Å². The second kappa shape index (κ2) is 4.37. The number of hydrogen-bond donors (Lipinski definition) is 0. The molecule has 0 radical (unpaired) electrons. The summed E-state index contributed by atoms with van der Waals surface area (Å²) in [6.45, 7) is 0.721. The Hall–Kier alpha value is -2.16. The fourth-order valence-corrected chi connectivity index (χ4v) is 2.06. The third kappa shape index (κ3) is 1.91. The lowest BCUT2D eigenvalue weighted by molar-refractivity contribution is 0.732. The van der Waals surface area contributed by atoms with Crippen molar-refractivity contribution in [3.8, 4) is 0 Å². The van der Waals surface area contributed by atoms with Gasteiger partial charge >= 0.3 is 0 Å². The minimum absolute atomic E-state index is 0.221. The Bertz CT molecular complexity index is 508. The number of hydrogen-bond acceptors (Lipinski definition) is 3. The molecule has 84 valence electrons. The van der Waals surface area contributed by atoms with Crippen molar-refractivity contribution in [3.63, 3.8) is 0 Å². The second-order valence-corrected chi connectivity index (χ2v) is 4.02. The molecule has 0 amide bonds. The Morgan fingerprint density at radius 2 is 1.53 bits per heavy atom. The Balaban J connectivity index is 1.93. The van der Waals surface area contributed by atoms with Gasteiger partial charge in [-0.2, -0.15) is 5.11 Å². The van der Waals surface area contributed by atoms with E-state index in [4.69, 9.17) is 0 Å². The van der Waals surface area contributed by atoms with Gasteiger partial charge in [0.15, 0.2) is 0 Å². The summed E-state index contributed by atoms with van der Waals surface area (Å²) in [5, 5.41) is 10.4. The topological polar surface area (TPSA) is 28.0 Å². The van der Waals surface area contributed by atoms with Crippen molar-refractivity contribution in [3.05, 3.63) is 66.2 Å². The van der Waals surface area contributed by atoms with Crippen LogP contribution in [0, 0.1) is 0 Å². The van der Waals surface area contributed by atoms with Crippen molar-refractivity contribution < 1.29 is 0 Å². The molecule has 3 rings (SSSR count). The minimum atomic E-state index is 0.221. The highest BCUT2D eigenvalue weighted by molar-refractivity contribution is 5.48. The number of para-hydroxylation sites is 1. The number of anilines is 1. The van der Waals surface area contributed by atoms with Crippen molar-refractivity contribution in [1.29, 1.82) is 0 Å².